The van der Waals surface area contributed by atoms with Gasteiger partial charge in [-0.05, 0) is 12.1 Å². The first-order chi connectivity index (χ1) is 6.25. The van der Waals surface area contributed by atoms with Crippen LogP contribution in [0, 0.1) is 0 Å². The SMILES string of the molecule is Clc1ccc(Cl)c(OC[C@@H]2CO2)c1. The first-order valence-electron chi connectivity index (χ1n) is 3.95. The van der Waals surface area contributed by atoms with Crippen molar-refractivity contribution in [3.63, 3.8) is 0 Å². The maximum absolute atomic E-state index is 5.88. The molecule has 1 aromatic carbocycles. The van der Waals surface area contributed by atoms with Crippen LogP contribution in [-0.4, -0.2) is 19.3 Å². The van der Waals surface area contributed by atoms with E-state index in [1.807, 2.05) is 0 Å². The van der Waals surface area contributed by atoms with Crippen molar-refractivity contribution >= 4 is 23.2 Å². The fourth-order valence-corrected chi connectivity index (χ4v) is 1.27. The zero-order valence-electron chi connectivity index (χ0n) is 6.80. The fraction of sp³-hybridized carbons (Fsp3) is 0.333. The number of halogens is 2. The second-order valence-electron chi connectivity index (χ2n) is 2.84. The Morgan fingerprint density at radius 1 is 1.46 bits per heavy atom. The summed E-state index contributed by atoms with van der Waals surface area (Å²) in [5.41, 5.74) is 0. The number of hydrogen-bond acceptors (Lipinski definition) is 2. The minimum atomic E-state index is 0.232. The lowest BCUT2D eigenvalue weighted by Crippen LogP contribution is -2.04. The Bertz CT molecular complexity index is 310. The van der Waals surface area contributed by atoms with Crippen LogP contribution in [0.4, 0.5) is 0 Å². The van der Waals surface area contributed by atoms with E-state index in [9.17, 15) is 0 Å². The van der Waals surface area contributed by atoms with Gasteiger partial charge in [-0.1, -0.05) is 23.2 Å². The quantitative estimate of drug-likeness (QED) is 0.729. The normalized spacial score (nSPS) is 20.0. The standard InChI is InChI=1S/C9H8Cl2O2/c10-6-1-2-8(11)9(3-6)13-5-7-4-12-7/h1-3,7H,4-5H2/t7-/m0/s1. The number of hydrogen-bond donors (Lipinski definition) is 0. The van der Waals surface area contributed by atoms with Gasteiger partial charge in [0.2, 0.25) is 0 Å². The molecule has 2 nitrogen and oxygen atoms in total. The third-order valence-corrected chi connectivity index (χ3v) is 2.27. The van der Waals surface area contributed by atoms with Crippen molar-refractivity contribution in [3.8, 4) is 5.75 Å². The Morgan fingerprint density at radius 2 is 2.23 bits per heavy atom. The van der Waals surface area contributed by atoms with Crippen LogP contribution in [0.1, 0.15) is 0 Å². The summed E-state index contributed by atoms with van der Waals surface area (Å²) in [5.74, 6) is 0.615. The Hall–Kier alpha value is -0.440. The van der Waals surface area contributed by atoms with Crippen LogP contribution >= 0.6 is 23.2 Å². The van der Waals surface area contributed by atoms with E-state index < -0.39 is 0 Å². The van der Waals surface area contributed by atoms with Gasteiger partial charge in [0, 0.05) is 11.1 Å². The van der Waals surface area contributed by atoms with Crippen LogP contribution in [0.25, 0.3) is 0 Å². The molecular formula is C9H8Cl2O2. The predicted molar refractivity (Wildman–Crippen MR) is 51.7 cm³/mol. The third kappa shape index (κ3) is 2.50. The maximum atomic E-state index is 5.88. The molecule has 0 saturated carbocycles. The highest BCUT2D eigenvalue weighted by Gasteiger charge is 2.23. The number of rotatable bonds is 3. The molecule has 4 heteroatoms. The van der Waals surface area contributed by atoms with Crippen LogP contribution in [0.3, 0.4) is 0 Å². The summed E-state index contributed by atoms with van der Waals surface area (Å²) >= 11 is 11.7. The molecule has 13 heavy (non-hydrogen) atoms. The average molecular weight is 219 g/mol. The van der Waals surface area contributed by atoms with Crippen molar-refractivity contribution in [1.29, 1.82) is 0 Å². The first kappa shape index (κ1) is 9.13. The highest BCUT2D eigenvalue weighted by molar-refractivity contribution is 6.34. The monoisotopic (exact) mass is 218 g/mol. The van der Waals surface area contributed by atoms with E-state index >= 15 is 0 Å². The number of epoxide rings is 1. The van der Waals surface area contributed by atoms with Crippen molar-refractivity contribution in [1.82, 2.24) is 0 Å². The van der Waals surface area contributed by atoms with E-state index in [0.717, 1.165) is 6.61 Å². The molecule has 1 aromatic rings. The van der Waals surface area contributed by atoms with Gasteiger partial charge in [-0.25, -0.2) is 0 Å². The molecule has 0 aromatic heterocycles. The smallest absolute Gasteiger partial charge is 0.139 e. The molecule has 70 valence electrons. The lowest BCUT2D eigenvalue weighted by atomic mass is 10.3. The summed E-state index contributed by atoms with van der Waals surface area (Å²) in [6.07, 6.45) is 0.232. The minimum absolute atomic E-state index is 0.232. The van der Waals surface area contributed by atoms with Crippen LogP contribution in [0.5, 0.6) is 5.75 Å². The van der Waals surface area contributed by atoms with Crippen molar-refractivity contribution in [2.75, 3.05) is 13.2 Å². The van der Waals surface area contributed by atoms with Crippen LogP contribution in [-0.2, 0) is 4.74 Å². The van der Waals surface area contributed by atoms with E-state index in [-0.39, 0.29) is 6.10 Å². The lowest BCUT2D eigenvalue weighted by molar-refractivity contribution is 0.263. The minimum Gasteiger partial charge on any atom is -0.489 e. The molecule has 0 N–H and O–H groups in total. The predicted octanol–water partition coefficient (Wildman–Crippen LogP) is 2.77. The van der Waals surface area contributed by atoms with E-state index in [1.165, 1.54) is 0 Å². The zero-order valence-corrected chi connectivity index (χ0v) is 8.31. The highest BCUT2D eigenvalue weighted by Crippen LogP contribution is 2.28. The van der Waals surface area contributed by atoms with Gasteiger partial charge in [-0.15, -0.1) is 0 Å². The molecule has 1 heterocycles. The van der Waals surface area contributed by atoms with Crippen molar-refractivity contribution in [2.45, 2.75) is 6.10 Å². The number of benzene rings is 1. The van der Waals surface area contributed by atoms with Crippen LogP contribution in [0.2, 0.25) is 10.0 Å². The molecule has 0 spiro atoms. The van der Waals surface area contributed by atoms with Crippen molar-refractivity contribution < 1.29 is 9.47 Å². The maximum Gasteiger partial charge on any atom is 0.139 e. The topological polar surface area (TPSA) is 21.8 Å². The van der Waals surface area contributed by atoms with Crippen LogP contribution in [0.15, 0.2) is 18.2 Å². The van der Waals surface area contributed by atoms with E-state index in [4.69, 9.17) is 32.7 Å². The summed E-state index contributed by atoms with van der Waals surface area (Å²) in [7, 11) is 0. The second kappa shape index (κ2) is 3.74. The Morgan fingerprint density at radius 3 is 2.92 bits per heavy atom. The molecule has 0 bridgehead atoms. The van der Waals surface area contributed by atoms with Crippen molar-refractivity contribution in [2.24, 2.45) is 0 Å². The summed E-state index contributed by atoms with van der Waals surface area (Å²) in [5, 5.41) is 1.20. The number of ether oxygens (including phenoxy) is 2. The Labute approximate surface area is 86.4 Å². The second-order valence-corrected chi connectivity index (χ2v) is 3.68. The van der Waals surface area contributed by atoms with Gasteiger partial charge < -0.3 is 9.47 Å². The van der Waals surface area contributed by atoms with Gasteiger partial charge in [0.25, 0.3) is 0 Å². The summed E-state index contributed by atoms with van der Waals surface area (Å²) in [4.78, 5) is 0. The van der Waals surface area contributed by atoms with E-state index in [1.54, 1.807) is 18.2 Å². The highest BCUT2D eigenvalue weighted by atomic mass is 35.5. The molecule has 0 aliphatic carbocycles. The molecular weight excluding hydrogens is 211 g/mol. The average Bonchev–Trinajstić information content (AvgIpc) is 2.90. The van der Waals surface area contributed by atoms with Gasteiger partial charge in [-0.2, -0.15) is 0 Å². The lowest BCUT2D eigenvalue weighted by Gasteiger charge is -2.05. The zero-order chi connectivity index (χ0) is 9.26. The Balaban J connectivity index is 2.03. The van der Waals surface area contributed by atoms with Gasteiger partial charge in [0.15, 0.2) is 0 Å². The molecule has 1 saturated heterocycles. The third-order valence-electron chi connectivity index (χ3n) is 1.72. The van der Waals surface area contributed by atoms with Crippen molar-refractivity contribution in [3.05, 3.63) is 28.2 Å². The van der Waals surface area contributed by atoms with Crippen LogP contribution < -0.4 is 4.74 Å². The van der Waals surface area contributed by atoms with E-state index in [2.05, 4.69) is 0 Å². The molecule has 0 amide bonds. The molecule has 0 unspecified atom stereocenters. The van der Waals surface area contributed by atoms with Gasteiger partial charge in [0.1, 0.15) is 18.5 Å². The summed E-state index contributed by atoms with van der Waals surface area (Å²) in [6, 6.07) is 5.14. The van der Waals surface area contributed by atoms with Gasteiger partial charge >= 0.3 is 0 Å². The molecule has 1 atom stereocenters. The summed E-state index contributed by atoms with van der Waals surface area (Å²) in [6.45, 7) is 1.32. The first-order valence-corrected chi connectivity index (χ1v) is 4.71. The Kier molecular flexibility index (Phi) is 2.63. The largest absolute Gasteiger partial charge is 0.489 e. The molecule has 1 aliphatic rings. The van der Waals surface area contributed by atoms with Gasteiger partial charge in [0.05, 0.1) is 11.6 Å². The fourth-order valence-electron chi connectivity index (χ4n) is 0.935. The molecule has 1 aliphatic heterocycles. The summed E-state index contributed by atoms with van der Waals surface area (Å²) < 4.78 is 10.4. The van der Waals surface area contributed by atoms with Gasteiger partial charge in [-0.3, -0.25) is 0 Å². The van der Waals surface area contributed by atoms with E-state index in [0.29, 0.717) is 22.4 Å². The molecule has 1 fully saturated rings. The molecule has 2 rings (SSSR count). The molecule has 0 radical (unpaired) electrons.